The molecule has 0 bridgehead atoms. The minimum Gasteiger partial charge on any atom is -0.462 e. The molecular weight excluding hydrogens is 496 g/mol. The minimum absolute atomic E-state index is 0.0343. The van der Waals surface area contributed by atoms with Crippen molar-refractivity contribution in [3.05, 3.63) is 24.3 Å². The molecule has 0 amide bonds. The van der Waals surface area contributed by atoms with Gasteiger partial charge in [0.1, 0.15) is 6.10 Å². The zero-order valence-corrected chi connectivity index (χ0v) is 24.2. The molecule has 0 aromatic carbocycles. The van der Waals surface area contributed by atoms with Gasteiger partial charge in [-0.1, -0.05) is 40.3 Å². The van der Waals surface area contributed by atoms with Crippen LogP contribution in [0, 0.1) is 51.2 Å². The van der Waals surface area contributed by atoms with Crippen LogP contribution in [0.2, 0.25) is 0 Å². The van der Waals surface area contributed by atoms with Gasteiger partial charge in [-0.2, -0.15) is 0 Å². The van der Waals surface area contributed by atoms with Crippen molar-refractivity contribution in [1.29, 1.82) is 0 Å². The Kier molecular flexibility index (Phi) is 6.61. The van der Waals surface area contributed by atoms with Crippen molar-refractivity contribution < 1.29 is 33.8 Å². The number of aliphatic hydroxyl groups is 1. The summed E-state index contributed by atoms with van der Waals surface area (Å²) in [5.41, 5.74) is -0.369. The normalized spacial score (nSPS) is 45.1. The van der Waals surface area contributed by atoms with Crippen LogP contribution in [0.4, 0.5) is 0 Å². The fourth-order valence-corrected chi connectivity index (χ4v) is 10.3. The molecule has 4 unspecified atom stereocenters. The van der Waals surface area contributed by atoms with Crippen LogP contribution in [-0.4, -0.2) is 47.4 Å². The summed E-state index contributed by atoms with van der Waals surface area (Å²) in [5.74, 6) is -1.46. The molecule has 5 rings (SSSR count). The lowest BCUT2D eigenvalue weighted by atomic mass is 9.43. The first-order valence-corrected chi connectivity index (χ1v) is 14.6. The van der Waals surface area contributed by atoms with Crippen LogP contribution in [-0.2, 0) is 28.7 Å². The zero-order valence-electron chi connectivity index (χ0n) is 24.2. The van der Waals surface area contributed by atoms with E-state index in [0.29, 0.717) is 18.3 Å². The monoisotopic (exact) mass is 540 g/mol. The maximum Gasteiger partial charge on any atom is 0.303 e. The number of allylic oxidation sites excluding steroid dienone is 2. The second-order valence-corrected chi connectivity index (χ2v) is 13.8. The molecule has 0 aliphatic heterocycles. The molecule has 4 fully saturated rings. The van der Waals surface area contributed by atoms with Crippen LogP contribution >= 0.6 is 0 Å². The van der Waals surface area contributed by atoms with Gasteiger partial charge in [-0.05, 0) is 83.7 Å². The molecule has 5 aliphatic rings. The Morgan fingerprint density at radius 3 is 2.44 bits per heavy atom. The van der Waals surface area contributed by atoms with Gasteiger partial charge in [0.15, 0.2) is 17.7 Å². The Labute approximate surface area is 231 Å². The summed E-state index contributed by atoms with van der Waals surface area (Å²) in [4.78, 5) is 51.1. The summed E-state index contributed by atoms with van der Waals surface area (Å²) in [5, 5.41) is 9.71. The summed E-state index contributed by atoms with van der Waals surface area (Å²) in [6, 6.07) is 0. The Bertz CT molecular complexity index is 1160. The number of aliphatic hydroxyl groups excluding tert-OH is 1. The van der Waals surface area contributed by atoms with Gasteiger partial charge in [0.05, 0.1) is 0 Å². The number of carbonyl (C=O) groups is 4. The van der Waals surface area contributed by atoms with E-state index < -0.39 is 47.2 Å². The van der Waals surface area contributed by atoms with Crippen LogP contribution < -0.4 is 0 Å². The number of Topliss-reactive ketones (excluding diaryl/α,β-unsaturated/α-hetero) is 1. The van der Waals surface area contributed by atoms with Crippen LogP contribution in [0.1, 0.15) is 80.1 Å². The zero-order chi connectivity index (χ0) is 28.7. The highest BCUT2D eigenvalue weighted by atomic mass is 16.6. The first-order valence-electron chi connectivity index (χ1n) is 14.6. The first-order chi connectivity index (χ1) is 18.2. The highest BCUT2D eigenvalue weighted by Crippen LogP contribution is 2.87. The fourth-order valence-electron chi connectivity index (χ4n) is 10.3. The Balaban J connectivity index is 1.58. The van der Waals surface area contributed by atoms with Crippen molar-refractivity contribution in [3.63, 3.8) is 0 Å². The summed E-state index contributed by atoms with van der Waals surface area (Å²) in [6.45, 7) is 14.7. The van der Waals surface area contributed by atoms with E-state index in [4.69, 9.17) is 9.47 Å². The lowest BCUT2D eigenvalue weighted by Crippen LogP contribution is -2.57. The van der Waals surface area contributed by atoms with Gasteiger partial charge >= 0.3 is 11.9 Å². The number of hydrogen-bond donors (Lipinski definition) is 1. The summed E-state index contributed by atoms with van der Waals surface area (Å²) < 4.78 is 11.8. The molecule has 39 heavy (non-hydrogen) atoms. The molecule has 7 heteroatoms. The average Bonchev–Trinajstić information content (AvgIpc) is 3.48. The van der Waals surface area contributed by atoms with E-state index in [1.807, 2.05) is 6.08 Å². The highest BCUT2D eigenvalue weighted by Gasteiger charge is 2.82. The molecule has 0 aromatic heterocycles. The third-order valence-corrected chi connectivity index (χ3v) is 12.4. The van der Waals surface area contributed by atoms with E-state index in [1.54, 1.807) is 6.92 Å². The Morgan fingerprint density at radius 2 is 1.82 bits per heavy atom. The van der Waals surface area contributed by atoms with Gasteiger partial charge in [0.2, 0.25) is 0 Å². The van der Waals surface area contributed by atoms with Gasteiger partial charge in [-0.15, -0.1) is 0 Å². The predicted octanol–water partition coefficient (Wildman–Crippen LogP) is 4.61. The number of ether oxygens (including phenoxy) is 2. The van der Waals surface area contributed by atoms with Crippen molar-refractivity contribution >= 4 is 23.5 Å². The van der Waals surface area contributed by atoms with E-state index in [2.05, 4.69) is 33.4 Å². The quantitative estimate of drug-likeness (QED) is 0.371. The lowest BCUT2D eigenvalue weighted by molar-refractivity contribution is -0.173. The van der Waals surface area contributed by atoms with Crippen molar-refractivity contribution in [3.8, 4) is 0 Å². The van der Waals surface area contributed by atoms with Crippen molar-refractivity contribution in [2.45, 2.75) is 92.3 Å². The van der Waals surface area contributed by atoms with E-state index in [0.717, 1.165) is 32.1 Å². The highest BCUT2D eigenvalue weighted by molar-refractivity contribution is 6.00. The van der Waals surface area contributed by atoms with Crippen molar-refractivity contribution in [1.82, 2.24) is 0 Å². The van der Waals surface area contributed by atoms with E-state index in [1.165, 1.54) is 13.8 Å². The van der Waals surface area contributed by atoms with Gasteiger partial charge in [0.25, 0.3) is 0 Å². The van der Waals surface area contributed by atoms with Crippen LogP contribution in [0.25, 0.3) is 0 Å². The van der Waals surface area contributed by atoms with Crippen LogP contribution in [0.3, 0.4) is 0 Å². The molecule has 7 nitrogen and oxygen atoms in total. The number of rotatable bonds is 7. The second-order valence-electron chi connectivity index (χ2n) is 13.8. The molecule has 1 N–H and O–H groups in total. The smallest absolute Gasteiger partial charge is 0.303 e. The molecule has 4 saturated carbocycles. The Hall–Kier alpha value is -2.28. The van der Waals surface area contributed by atoms with Crippen molar-refractivity contribution in [2.24, 2.45) is 51.2 Å². The largest absolute Gasteiger partial charge is 0.462 e. The third-order valence-electron chi connectivity index (χ3n) is 12.4. The topological polar surface area (TPSA) is 107 Å². The fraction of sp³-hybridized carbons (Fsp3) is 0.750. The molecule has 214 valence electrons. The first kappa shape index (κ1) is 28.3. The standard InChI is InChI=1S/C32H44O7/c1-17(15-33)18(2)27(37)28(39-21(5)35)26-24(38-20(4)34)14-30(7)25-9-8-22-19(3)23(36)10-11-31(22)16-32(25,31)13-12-29(26,30)6/h10-11,17,19,22,24-26,28,33H,2,8-9,12-16H2,1,3-7H3/t17-,19?,22-,24-,25-,26?,28+,29+,30-,31?,32?/m0/s1. The SMILES string of the molecule is C=C(C(=O)[C@H](OC(C)=O)C1[C@@H](OC(C)=O)C[C@@]2(C)[C@@H]3CC[C@H]4C(C)C(=O)C=CC45CC35CC[C@]12C)[C@@H](C)CO. The molecule has 5 aliphatic carbocycles. The molecule has 11 atom stereocenters. The number of ketones is 2. The number of hydrogen-bond acceptors (Lipinski definition) is 7. The van der Waals surface area contributed by atoms with E-state index >= 15 is 0 Å². The molecule has 0 aromatic rings. The Morgan fingerprint density at radius 1 is 1.13 bits per heavy atom. The van der Waals surface area contributed by atoms with Crippen molar-refractivity contribution in [2.75, 3.05) is 6.61 Å². The van der Waals surface area contributed by atoms with E-state index in [-0.39, 0.29) is 40.1 Å². The molecule has 0 saturated heterocycles. The van der Waals surface area contributed by atoms with Crippen LogP contribution in [0.5, 0.6) is 0 Å². The van der Waals surface area contributed by atoms with Gasteiger partial charge in [-0.3, -0.25) is 19.2 Å². The van der Waals surface area contributed by atoms with Gasteiger partial charge < -0.3 is 14.6 Å². The number of esters is 2. The van der Waals surface area contributed by atoms with Crippen LogP contribution in [0.15, 0.2) is 24.3 Å². The summed E-state index contributed by atoms with van der Waals surface area (Å²) >= 11 is 0. The average molecular weight is 541 g/mol. The molecule has 0 radical (unpaired) electrons. The predicted molar refractivity (Wildman–Crippen MR) is 144 cm³/mol. The maximum atomic E-state index is 13.9. The minimum atomic E-state index is -1.15. The molecular formula is C32H44O7. The van der Waals surface area contributed by atoms with Gasteiger partial charge in [0, 0.05) is 38.2 Å². The summed E-state index contributed by atoms with van der Waals surface area (Å²) in [6.07, 6.45) is 7.71. The maximum absolute atomic E-state index is 13.9. The molecule has 0 heterocycles. The van der Waals surface area contributed by atoms with E-state index in [9.17, 15) is 24.3 Å². The third kappa shape index (κ3) is 3.70. The molecule has 2 spiro atoms. The summed E-state index contributed by atoms with van der Waals surface area (Å²) in [7, 11) is 0. The number of fused-ring (bicyclic) bond motifs is 2. The lowest BCUT2D eigenvalue weighted by Gasteiger charge is -2.60. The second kappa shape index (κ2) is 9.12. The number of carbonyl (C=O) groups excluding carboxylic acids is 4. The van der Waals surface area contributed by atoms with Gasteiger partial charge in [-0.25, -0.2) is 0 Å².